The Bertz CT molecular complexity index is 2280. The highest BCUT2D eigenvalue weighted by molar-refractivity contribution is 5.94. The molecule has 0 aromatic heterocycles. The molecule has 0 N–H and O–H groups in total. The van der Waals surface area contributed by atoms with Crippen LogP contribution in [0.2, 0.25) is 0 Å². The zero-order valence-electron chi connectivity index (χ0n) is 41.8. The van der Waals surface area contributed by atoms with E-state index >= 15 is 0 Å². The fourth-order valence-corrected chi connectivity index (χ4v) is 7.86. The van der Waals surface area contributed by atoms with Gasteiger partial charge in [0.25, 0.3) is 0 Å². The summed E-state index contributed by atoms with van der Waals surface area (Å²) < 4.78 is 33.9. The highest BCUT2D eigenvalue weighted by atomic mass is 16.6. The molecule has 10 nitrogen and oxygen atoms in total. The lowest BCUT2D eigenvalue weighted by Gasteiger charge is -2.13. The molecule has 374 valence electrons. The molecule has 0 radical (unpaired) electrons. The highest BCUT2D eigenvalue weighted by Crippen LogP contribution is 2.26. The van der Waals surface area contributed by atoms with Gasteiger partial charge in [-0.15, -0.1) is 0 Å². The normalized spacial score (nSPS) is 11.4. The molecule has 0 amide bonds. The summed E-state index contributed by atoms with van der Waals surface area (Å²) in [5, 5.41) is 0. The third-order valence-corrected chi connectivity index (χ3v) is 12.1. The Hall–Kier alpha value is -6.26. The van der Waals surface area contributed by atoms with E-state index in [1.54, 1.807) is 110 Å². The van der Waals surface area contributed by atoms with Crippen LogP contribution in [0.25, 0.3) is 11.1 Å². The quantitative estimate of drug-likeness (QED) is 0.0228. The van der Waals surface area contributed by atoms with Crippen LogP contribution in [-0.4, -0.2) is 43.2 Å². The molecule has 5 aromatic rings. The zero-order chi connectivity index (χ0) is 49.6. The maximum absolute atomic E-state index is 13.2. The number of benzene rings is 5. The van der Waals surface area contributed by atoms with Gasteiger partial charge in [-0.05, 0) is 128 Å². The van der Waals surface area contributed by atoms with Gasteiger partial charge in [-0.1, -0.05) is 154 Å². The molecule has 0 aliphatic carbocycles. The zero-order valence-corrected chi connectivity index (χ0v) is 41.8. The van der Waals surface area contributed by atoms with Crippen molar-refractivity contribution in [3.05, 3.63) is 138 Å². The van der Waals surface area contributed by atoms with Gasteiger partial charge in [-0.25, -0.2) is 19.2 Å². The SMILES string of the molecule is CCCCCCCCCCCCOc1ccc(OC(=O)c2ccc(OC(=O)c3cccc(-c4ccc(OC(=O)c5ccc(OC(=O)[C@H](C)OCCCCCCCCCCCC)cc5)cc4)c3)cc2)cc1. The van der Waals surface area contributed by atoms with E-state index in [4.69, 9.17) is 28.4 Å². The third kappa shape index (κ3) is 20.4. The first-order chi connectivity index (χ1) is 34.2. The lowest BCUT2D eigenvalue weighted by Crippen LogP contribution is -2.26. The van der Waals surface area contributed by atoms with E-state index in [9.17, 15) is 19.2 Å². The van der Waals surface area contributed by atoms with Gasteiger partial charge in [0.15, 0.2) is 6.10 Å². The van der Waals surface area contributed by atoms with Crippen LogP contribution in [0, 0.1) is 0 Å². The second-order valence-corrected chi connectivity index (χ2v) is 17.9. The Morgan fingerprint density at radius 3 is 1.21 bits per heavy atom. The van der Waals surface area contributed by atoms with E-state index in [-0.39, 0.29) is 11.3 Å². The van der Waals surface area contributed by atoms with Crippen LogP contribution in [0.1, 0.15) is 180 Å². The number of unbranched alkanes of at least 4 members (excludes halogenated alkanes) is 18. The first-order valence-electron chi connectivity index (χ1n) is 25.9. The van der Waals surface area contributed by atoms with Gasteiger partial charge in [-0.3, -0.25) is 0 Å². The second-order valence-electron chi connectivity index (χ2n) is 17.9. The van der Waals surface area contributed by atoms with Crippen LogP contribution in [0.5, 0.6) is 28.7 Å². The van der Waals surface area contributed by atoms with Crippen LogP contribution < -0.4 is 23.7 Å². The van der Waals surface area contributed by atoms with Crippen molar-refractivity contribution in [2.24, 2.45) is 0 Å². The molecule has 0 spiro atoms. The predicted molar refractivity (Wildman–Crippen MR) is 276 cm³/mol. The van der Waals surface area contributed by atoms with Gasteiger partial charge in [0, 0.05) is 6.61 Å². The van der Waals surface area contributed by atoms with E-state index < -0.39 is 30.0 Å². The fourth-order valence-electron chi connectivity index (χ4n) is 7.86. The summed E-state index contributed by atoms with van der Waals surface area (Å²) in [6.07, 6.45) is 24.3. The summed E-state index contributed by atoms with van der Waals surface area (Å²) in [5.41, 5.74) is 2.46. The number of esters is 4. The maximum atomic E-state index is 13.2. The Morgan fingerprint density at radius 1 is 0.371 bits per heavy atom. The van der Waals surface area contributed by atoms with E-state index in [2.05, 4.69) is 13.8 Å². The minimum absolute atomic E-state index is 0.270. The van der Waals surface area contributed by atoms with Crippen molar-refractivity contribution in [1.29, 1.82) is 0 Å². The summed E-state index contributed by atoms with van der Waals surface area (Å²) in [4.78, 5) is 51.6. The maximum Gasteiger partial charge on any atom is 0.343 e. The molecule has 0 bridgehead atoms. The molecule has 0 aliphatic rings. The van der Waals surface area contributed by atoms with Crippen molar-refractivity contribution in [2.45, 2.75) is 155 Å². The molecule has 0 unspecified atom stereocenters. The number of ether oxygens (including phenoxy) is 6. The summed E-state index contributed by atoms with van der Waals surface area (Å²) in [6.45, 7) is 7.33. The lowest BCUT2D eigenvalue weighted by molar-refractivity contribution is -0.146. The first-order valence-corrected chi connectivity index (χ1v) is 25.9. The number of rotatable bonds is 33. The molecule has 0 saturated heterocycles. The minimum Gasteiger partial charge on any atom is -0.494 e. The third-order valence-electron chi connectivity index (χ3n) is 12.1. The van der Waals surface area contributed by atoms with Crippen LogP contribution in [0.4, 0.5) is 0 Å². The Balaban J connectivity index is 0.985. The van der Waals surface area contributed by atoms with Gasteiger partial charge >= 0.3 is 23.9 Å². The average Bonchev–Trinajstić information content (AvgIpc) is 3.38. The van der Waals surface area contributed by atoms with Crippen LogP contribution in [0.3, 0.4) is 0 Å². The smallest absolute Gasteiger partial charge is 0.343 e. The molecule has 0 fully saturated rings. The monoisotopic (exact) mass is 955 g/mol. The van der Waals surface area contributed by atoms with E-state index in [0.717, 1.165) is 42.6 Å². The van der Waals surface area contributed by atoms with E-state index in [1.807, 2.05) is 6.07 Å². The minimum atomic E-state index is -0.702. The van der Waals surface area contributed by atoms with E-state index in [1.165, 1.54) is 115 Å². The van der Waals surface area contributed by atoms with E-state index in [0.29, 0.717) is 41.6 Å². The largest absolute Gasteiger partial charge is 0.494 e. The van der Waals surface area contributed by atoms with Gasteiger partial charge in [0.1, 0.15) is 28.7 Å². The van der Waals surface area contributed by atoms with Gasteiger partial charge in [0.2, 0.25) is 0 Å². The van der Waals surface area contributed by atoms with Crippen molar-refractivity contribution in [3.8, 4) is 39.9 Å². The van der Waals surface area contributed by atoms with Crippen molar-refractivity contribution in [2.75, 3.05) is 13.2 Å². The molecule has 1 atom stereocenters. The average molecular weight is 955 g/mol. The summed E-state index contributed by atoms with van der Waals surface area (Å²) in [5.74, 6) is -0.128. The van der Waals surface area contributed by atoms with Crippen molar-refractivity contribution >= 4 is 23.9 Å². The number of hydrogen-bond donors (Lipinski definition) is 0. The van der Waals surface area contributed by atoms with Gasteiger partial charge in [0.05, 0.1) is 23.3 Å². The highest BCUT2D eigenvalue weighted by Gasteiger charge is 2.18. The van der Waals surface area contributed by atoms with Gasteiger partial charge < -0.3 is 28.4 Å². The van der Waals surface area contributed by atoms with Crippen LogP contribution in [0.15, 0.2) is 121 Å². The molecular weight excluding hydrogens is 881 g/mol. The second kappa shape index (κ2) is 31.8. The summed E-state index contributed by atoms with van der Waals surface area (Å²) in [7, 11) is 0. The van der Waals surface area contributed by atoms with Crippen molar-refractivity contribution in [1.82, 2.24) is 0 Å². The standard InChI is InChI=1S/C60H74O10/c1-4-6-8-10-12-14-16-18-20-22-43-65-46(3)57(61)67-53-35-29-48(30-36-53)58(62)68-54-33-27-47(28-34-54)50-25-24-26-51(45-50)60(64)70-55-37-31-49(32-38-55)59(63)69-56-41-39-52(40-42-56)66-44-23-21-19-17-15-13-11-9-7-5-2/h24-42,45-46H,4-23,43-44H2,1-3H3/t46-/m0/s1. The predicted octanol–water partition coefficient (Wildman–Crippen LogP) is 15.5. The van der Waals surface area contributed by atoms with Gasteiger partial charge in [-0.2, -0.15) is 0 Å². The van der Waals surface area contributed by atoms with Crippen molar-refractivity contribution in [3.63, 3.8) is 0 Å². The Morgan fingerprint density at radius 2 is 0.743 bits per heavy atom. The van der Waals surface area contributed by atoms with Crippen LogP contribution in [-0.2, 0) is 9.53 Å². The molecule has 70 heavy (non-hydrogen) atoms. The fraction of sp³-hybridized carbons (Fsp3) is 0.433. The molecule has 5 aromatic carbocycles. The topological polar surface area (TPSA) is 124 Å². The number of carbonyl (C=O) groups is 4. The Labute approximate surface area is 416 Å². The molecule has 0 saturated carbocycles. The molecule has 0 heterocycles. The number of carbonyl (C=O) groups excluding carboxylic acids is 4. The van der Waals surface area contributed by atoms with Crippen LogP contribution >= 0.6 is 0 Å². The number of hydrogen-bond acceptors (Lipinski definition) is 10. The lowest BCUT2D eigenvalue weighted by atomic mass is 10.0. The molecule has 10 heteroatoms. The van der Waals surface area contributed by atoms with Crippen molar-refractivity contribution < 1.29 is 47.6 Å². The first kappa shape index (κ1) is 54.7. The Kier molecular flexibility index (Phi) is 24.8. The molecule has 5 rings (SSSR count). The summed E-state index contributed by atoms with van der Waals surface area (Å²) >= 11 is 0. The molecule has 0 aliphatic heterocycles. The summed E-state index contributed by atoms with van der Waals surface area (Å²) in [6, 6.07) is 33.3. The molecular formula is C60H74O10.